The van der Waals surface area contributed by atoms with Crippen molar-refractivity contribution in [2.45, 2.75) is 56.5 Å². The van der Waals surface area contributed by atoms with E-state index in [4.69, 9.17) is 0 Å². The van der Waals surface area contributed by atoms with Crippen LogP contribution in [0.3, 0.4) is 0 Å². The zero-order chi connectivity index (χ0) is 15.9. The number of hydrogen-bond donors (Lipinski definition) is 2. The summed E-state index contributed by atoms with van der Waals surface area (Å²) in [5.41, 5.74) is 1.22. The SMILES string of the molecule is Cc1ccc(S(=O)(=O)NC2CC2)cc1C(=O)NC(C)C1CC1. The Bertz CT molecular complexity index is 691. The Morgan fingerprint density at radius 3 is 2.50 bits per heavy atom. The van der Waals surface area contributed by atoms with Crippen molar-refractivity contribution in [3.05, 3.63) is 29.3 Å². The zero-order valence-electron chi connectivity index (χ0n) is 12.9. The van der Waals surface area contributed by atoms with Crippen molar-refractivity contribution in [1.82, 2.24) is 10.0 Å². The average Bonchev–Trinajstić information content (AvgIpc) is 3.32. The van der Waals surface area contributed by atoms with E-state index in [-0.39, 0.29) is 22.9 Å². The van der Waals surface area contributed by atoms with Crippen molar-refractivity contribution >= 4 is 15.9 Å². The molecule has 2 N–H and O–H groups in total. The van der Waals surface area contributed by atoms with Crippen LogP contribution in [0.15, 0.2) is 23.1 Å². The van der Waals surface area contributed by atoms with E-state index in [1.165, 1.54) is 6.07 Å². The molecule has 5 nitrogen and oxygen atoms in total. The summed E-state index contributed by atoms with van der Waals surface area (Å²) in [6.07, 6.45) is 4.08. The molecule has 0 radical (unpaired) electrons. The fraction of sp³-hybridized carbons (Fsp3) is 0.562. The van der Waals surface area contributed by atoms with E-state index in [1.807, 2.05) is 13.8 Å². The Labute approximate surface area is 131 Å². The van der Waals surface area contributed by atoms with Gasteiger partial charge in [-0.25, -0.2) is 13.1 Å². The minimum absolute atomic E-state index is 0.0541. The van der Waals surface area contributed by atoms with Crippen molar-refractivity contribution in [2.75, 3.05) is 0 Å². The van der Waals surface area contributed by atoms with E-state index in [2.05, 4.69) is 10.0 Å². The Hall–Kier alpha value is -1.40. The topological polar surface area (TPSA) is 75.3 Å². The number of benzene rings is 1. The Kier molecular flexibility index (Phi) is 3.99. The summed E-state index contributed by atoms with van der Waals surface area (Å²) in [4.78, 5) is 12.6. The van der Waals surface area contributed by atoms with Gasteiger partial charge in [-0.2, -0.15) is 0 Å². The van der Waals surface area contributed by atoms with Crippen molar-refractivity contribution in [3.8, 4) is 0 Å². The van der Waals surface area contributed by atoms with Gasteiger partial charge in [0.05, 0.1) is 4.90 Å². The average molecular weight is 322 g/mol. The first-order chi connectivity index (χ1) is 10.4. The lowest BCUT2D eigenvalue weighted by Gasteiger charge is -2.15. The van der Waals surface area contributed by atoms with E-state index in [0.717, 1.165) is 31.2 Å². The number of aryl methyl sites for hydroxylation is 1. The van der Waals surface area contributed by atoms with Gasteiger partial charge >= 0.3 is 0 Å². The van der Waals surface area contributed by atoms with Gasteiger partial charge in [-0.3, -0.25) is 4.79 Å². The summed E-state index contributed by atoms with van der Waals surface area (Å²) < 4.78 is 27.2. The molecule has 0 aliphatic heterocycles. The van der Waals surface area contributed by atoms with Gasteiger partial charge < -0.3 is 5.32 Å². The van der Waals surface area contributed by atoms with Gasteiger partial charge in [0, 0.05) is 17.6 Å². The van der Waals surface area contributed by atoms with Gasteiger partial charge in [0.25, 0.3) is 5.91 Å². The minimum atomic E-state index is -3.53. The molecule has 1 aromatic rings. The molecule has 1 unspecified atom stereocenters. The lowest BCUT2D eigenvalue weighted by molar-refractivity contribution is 0.0935. The van der Waals surface area contributed by atoms with Gasteiger partial charge in [-0.15, -0.1) is 0 Å². The summed E-state index contributed by atoms with van der Waals surface area (Å²) in [6.45, 7) is 3.82. The molecule has 0 saturated heterocycles. The second kappa shape index (κ2) is 5.66. The summed E-state index contributed by atoms with van der Waals surface area (Å²) in [5.74, 6) is 0.369. The maximum Gasteiger partial charge on any atom is 0.251 e. The van der Waals surface area contributed by atoms with E-state index in [0.29, 0.717) is 11.5 Å². The third-order valence-corrected chi connectivity index (χ3v) is 5.87. The monoisotopic (exact) mass is 322 g/mol. The van der Waals surface area contributed by atoms with Crippen LogP contribution in [0, 0.1) is 12.8 Å². The van der Waals surface area contributed by atoms with Crippen molar-refractivity contribution in [3.63, 3.8) is 0 Å². The molecule has 0 bridgehead atoms. The number of sulfonamides is 1. The van der Waals surface area contributed by atoms with Crippen LogP contribution in [0.2, 0.25) is 0 Å². The van der Waals surface area contributed by atoms with Gasteiger partial charge in [0.2, 0.25) is 10.0 Å². The fourth-order valence-electron chi connectivity index (χ4n) is 2.50. The maximum absolute atomic E-state index is 12.4. The molecule has 6 heteroatoms. The minimum Gasteiger partial charge on any atom is -0.349 e. The molecule has 3 rings (SSSR count). The molecule has 0 spiro atoms. The van der Waals surface area contributed by atoms with Crippen LogP contribution in [-0.2, 0) is 10.0 Å². The lowest BCUT2D eigenvalue weighted by atomic mass is 10.1. The highest BCUT2D eigenvalue weighted by molar-refractivity contribution is 7.89. The quantitative estimate of drug-likeness (QED) is 0.841. The predicted molar refractivity (Wildman–Crippen MR) is 84.2 cm³/mol. The Morgan fingerprint density at radius 2 is 1.91 bits per heavy atom. The standard InChI is InChI=1S/C16H22N2O3S/c1-10-3-8-14(22(20,21)18-13-6-7-13)9-15(10)16(19)17-11(2)12-4-5-12/h3,8-9,11-13,18H,4-7H2,1-2H3,(H,17,19). The maximum atomic E-state index is 12.4. The number of carbonyl (C=O) groups is 1. The van der Waals surface area contributed by atoms with Crippen LogP contribution >= 0.6 is 0 Å². The van der Waals surface area contributed by atoms with Gasteiger partial charge in [-0.1, -0.05) is 6.07 Å². The summed E-state index contributed by atoms with van der Waals surface area (Å²) in [6, 6.07) is 4.92. The number of nitrogens with one attached hydrogen (secondary N) is 2. The first-order valence-corrected chi connectivity index (χ1v) is 9.29. The molecule has 1 aromatic carbocycles. The van der Waals surface area contributed by atoms with Crippen LogP contribution in [0.5, 0.6) is 0 Å². The van der Waals surface area contributed by atoms with E-state index in [1.54, 1.807) is 12.1 Å². The van der Waals surface area contributed by atoms with Crippen molar-refractivity contribution < 1.29 is 13.2 Å². The molecule has 22 heavy (non-hydrogen) atoms. The van der Waals surface area contributed by atoms with E-state index < -0.39 is 10.0 Å². The molecular formula is C16H22N2O3S. The first-order valence-electron chi connectivity index (χ1n) is 7.80. The van der Waals surface area contributed by atoms with Gasteiger partial charge in [-0.05, 0) is 63.1 Å². The molecule has 1 atom stereocenters. The van der Waals surface area contributed by atoms with E-state index >= 15 is 0 Å². The van der Waals surface area contributed by atoms with Gasteiger partial charge in [0.15, 0.2) is 0 Å². The van der Waals surface area contributed by atoms with Crippen molar-refractivity contribution in [2.24, 2.45) is 5.92 Å². The highest BCUT2D eigenvalue weighted by atomic mass is 32.2. The molecule has 2 saturated carbocycles. The predicted octanol–water partition coefficient (Wildman–Crippen LogP) is 1.96. The summed E-state index contributed by atoms with van der Waals surface area (Å²) in [5, 5.41) is 2.98. The number of carbonyl (C=O) groups excluding carboxylic acids is 1. The third-order valence-electron chi connectivity index (χ3n) is 4.35. The van der Waals surface area contributed by atoms with E-state index in [9.17, 15) is 13.2 Å². The smallest absolute Gasteiger partial charge is 0.251 e. The normalized spacial score (nSPS) is 19.7. The Morgan fingerprint density at radius 1 is 1.23 bits per heavy atom. The van der Waals surface area contributed by atoms with Crippen LogP contribution in [0.1, 0.15) is 48.5 Å². The molecule has 2 aliphatic rings. The molecule has 0 heterocycles. The molecular weight excluding hydrogens is 300 g/mol. The van der Waals surface area contributed by atoms with Crippen LogP contribution in [-0.4, -0.2) is 26.4 Å². The second-order valence-electron chi connectivity index (χ2n) is 6.47. The number of hydrogen-bond acceptors (Lipinski definition) is 3. The fourth-order valence-corrected chi connectivity index (χ4v) is 3.83. The highest BCUT2D eigenvalue weighted by Gasteiger charge is 2.30. The van der Waals surface area contributed by atoms with Crippen LogP contribution in [0.25, 0.3) is 0 Å². The molecule has 0 aromatic heterocycles. The summed E-state index contributed by atoms with van der Waals surface area (Å²) >= 11 is 0. The second-order valence-corrected chi connectivity index (χ2v) is 8.19. The van der Waals surface area contributed by atoms with Crippen LogP contribution < -0.4 is 10.0 Å². The van der Waals surface area contributed by atoms with Crippen molar-refractivity contribution in [1.29, 1.82) is 0 Å². The molecule has 1 amide bonds. The molecule has 120 valence electrons. The number of rotatable bonds is 6. The Balaban J connectivity index is 1.80. The first kappa shape index (κ1) is 15.5. The lowest BCUT2D eigenvalue weighted by Crippen LogP contribution is -2.34. The largest absolute Gasteiger partial charge is 0.349 e. The number of amides is 1. The van der Waals surface area contributed by atoms with Crippen LogP contribution in [0.4, 0.5) is 0 Å². The third kappa shape index (κ3) is 3.50. The molecule has 2 aliphatic carbocycles. The molecule has 2 fully saturated rings. The zero-order valence-corrected chi connectivity index (χ0v) is 13.7. The summed E-state index contributed by atoms with van der Waals surface area (Å²) in [7, 11) is -3.53. The van der Waals surface area contributed by atoms with Gasteiger partial charge in [0.1, 0.15) is 0 Å². The highest BCUT2D eigenvalue weighted by Crippen LogP contribution is 2.32.